The summed E-state index contributed by atoms with van der Waals surface area (Å²) in [6.45, 7) is 0. The number of hydrogen-bond donors (Lipinski definition) is 2. The van der Waals surface area contributed by atoms with E-state index in [1.54, 1.807) is 6.08 Å². The van der Waals surface area contributed by atoms with Gasteiger partial charge in [-0.2, -0.15) is 0 Å². The molecule has 0 bridgehead atoms. The van der Waals surface area contributed by atoms with E-state index in [9.17, 15) is 9.59 Å². The van der Waals surface area contributed by atoms with Crippen LogP contribution < -0.4 is 10.6 Å². The van der Waals surface area contributed by atoms with Crippen LogP contribution in [0.1, 0.15) is 16.7 Å². The first-order valence-corrected chi connectivity index (χ1v) is 9.44. The molecule has 4 nitrogen and oxygen atoms in total. The maximum atomic E-state index is 12.3. The van der Waals surface area contributed by atoms with Crippen molar-refractivity contribution in [1.82, 2.24) is 10.6 Å². The number of fused-ring (bicyclic) bond motifs is 1. The normalized spacial score (nSPS) is 14.0. The quantitative estimate of drug-likeness (QED) is 0.392. The van der Waals surface area contributed by atoms with Crippen LogP contribution in [-0.4, -0.2) is 16.9 Å². The summed E-state index contributed by atoms with van der Waals surface area (Å²) in [7, 11) is 0. The van der Waals surface area contributed by atoms with Crippen molar-refractivity contribution in [2.24, 2.45) is 0 Å². The van der Waals surface area contributed by atoms with Crippen LogP contribution in [0.5, 0.6) is 0 Å². The van der Waals surface area contributed by atoms with Gasteiger partial charge in [0.05, 0.1) is 0 Å². The molecule has 1 aliphatic heterocycles. The molecule has 0 spiro atoms. The lowest BCUT2D eigenvalue weighted by Gasteiger charge is -2.18. The Balaban J connectivity index is 1.89. The van der Waals surface area contributed by atoms with Crippen LogP contribution >= 0.6 is 23.8 Å². The number of hydrogen-bond acceptors (Lipinski definition) is 3. The van der Waals surface area contributed by atoms with Gasteiger partial charge in [-0.1, -0.05) is 66.2 Å². The molecule has 1 aliphatic rings. The zero-order valence-corrected chi connectivity index (χ0v) is 16.2. The minimum Gasteiger partial charge on any atom is -0.299 e. The second-order valence-corrected chi connectivity index (χ2v) is 7.24. The molecule has 2 N–H and O–H groups in total. The molecule has 3 aromatic carbocycles. The Bertz CT molecular complexity index is 1150. The fourth-order valence-electron chi connectivity index (χ4n) is 3.26. The van der Waals surface area contributed by atoms with E-state index < -0.39 is 11.8 Å². The van der Waals surface area contributed by atoms with E-state index in [-0.39, 0.29) is 10.7 Å². The Morgan fingerprint density at radius 2 is 1.54 bits per heavy atom. The van der Waals surface area contributed by atoms with Crippen LogP contribution in [0.15, 0.2) is 66.2 Å². The summed E-state index contributed by atoms with van der Waals surface area (Å²) in [4.78, 5) is 24.7. The Morgan fingerprint density at radius 1 is 0.857 bits per heavy atom. The molecule has 0 saturated carbocycles. The van der Waals surface area contributed by atoms with Gasteiger partial charge in [-0.25, -0.2) is 0 Å². The molecule has 3 aromatic rings. The maximum absolute atomic E-state index is 12.3. The third-order valence-corrected chi connectivity index (χ3v) is 5.20. The molecule has 138 valence electrons. The van der Waals surface area contributed by atoms with E-state index in [2.05, 4.69) is 10.6 Å². The lowest BCUT2D eigenvalue weighted by molar-refractivity contribution is -0.123. The summed E-state index contributed by atoms with van der Waals surface area (Å²) in [6, 6.07) is 19.5. The number of thiocarbonyl (C=S) groups is 1. The van der Waals surface area contributed by atoms with Crippen LogP contribution in [0.2, 0.25) is 5.02 Å². The molecule has 0 aromatic heterocycles. The van der Waals surface area contributed by atoms with Crippen molar-refractivity contribution in [1.29, 1.82) is 0 Å². The average molecular weight is 407 g/mol. The number of amides is 2. The van der Waals surface area contributed by atoms with Gasteiger partial charge in [0.25, 0.3) is 11.8 Å². The lowest BCUT2D eigenvalue weighted by Crippen LogP contribution is -2.51. The van der Waals surface area contributed by atoms with E-state index in [0.29, 0.717) is 11.4 Å². The molecule has 0 unspecified atom stereocenters. The van der Waals surface area contributed by atoms with Crippen LogP contribution in [0.3, 0.4) is 0 Å². The third kappa shape index (κ3) is 3.54. The zero-order valence-electron chi connectivity index (χ0n) is 14.7. The monoisotopic (exact) mass is 406 g/mol. The van der Waals surface area contributed by atoms with Crippen LogP contribution in [0, 0.1) is 0 Å². The van der Waals surface area contributed by atoms with E-state index in [0.717, 1.165) is 27.5 Å². The minimum atomic E-state index is -0.509. The van der Waals surface area contributed by atoms with Crippen molar-refractivity contribution in [3.8, 4) is 0 Å². The number of halogens is 1. The highest BCUT2D eigenvalue weighted by atomic mass is 35.5. The smallest absolute Gasteiger partial charge is 0.263 e. The van der Waals surface area contributed by atoms with Crippen LogP contribution in [0.4, 0.5) is 0 Å². The molecule has 4 rings (SSSR count). The van der Waals surface area contributed by atoms with Gasteiger partial charge >= 0.3 is 0 Å². The fraction of sp³-hybridized carbons (Fsp3) is 0.0455. The molecule has 28 heavy (non-hydrogen) atoms. The number of rotatable bonds is 3. The number of benzene rings is 3. The first-order valence-electron chi connectivity index (χ1n) is 8.65. The molecule has 6 heteroatoms. The van der Waals surface area contributed by atoms with Gasteiger partial charge in [-0.15, -0.1) is 0 Å². The summed E-state index contributed by atoms with van der Waals surface area (Å²) in [6.07, 6.45) is 2.20. The van der Waals surface area contributed by atoms with E-state index in [1.165, 1.54) is 0 Å². The molecule has 1 fully saturated rings. The Hall–Kier alpha value is -3.02. The Kier molecular flexibility index (Phi) is 4.94. The second-order valence-electron chi connectivity index (χ2n) is 6.42. The molecular formula is C22H15ClN2O2S. The molecule has 0 atom stereocenters. The van der Waals surface area contributed by atoms with Gasteiger partial charge in [0.15, 0.2) is 5.11 Å². The summed E-state index contributed by atoms with van der Waals surface area (Å²) in [5, 5.41) is 7.61. The summed E-state index contributed by atoms with van der Waals surface area (Å²) in [5.41, 5.74) is 2.77. The summed E-state index contributed by atoms with van der Waals surface area (Å²) >= 11 is 11.2. The van der Waals surface area contributed by atoms with Gasteiger partial charge in [0, 0.05) is 5.02 Å². The number of carbonyl (C=O) groups excluding carboxylic acids is 2. The molecule has 0 aliphatic carbocycles. The summed E-state index contributed by atoms with van der Waals surface area (Å²) in [5.74, 6) is -1.02. The molecule has 2 amide bonds. The fourth-order valence-corrected chi connectivity index (χ4v) is 3.65. The Morgan fingerprint density at radius 3 is 2.29 bits per heavy atom. The first-order chi connectivity index (χ1) is 13.5. The highest BCUT2D eigenvalue weighted by Crippen LogP contribution is 2.29. The standard InChI is InChI=1S/C22H15ClN2O2S/c23-19-8-4-2-6-15(19)11-14-10-9-13-5-1-3-7-16(13)17(14)12-18-20(26)24-22(28)25-21(18)27/h1-10,12H,11H2,(H2,24,25,26,27,28). The highest BCUT2D eigenvalue weighted by molar-refractivity contribution is 7.80. The van der Waals surface area contributed by atoms with Crippen molar-refractivity contribution >= 4 is 57.6 Å². The Labute approximate surface area is 172 Å². The molecule has 1 saturated heterocycles. The van der Waals surface area contributed by atoms with Crippen molar-refractivity contribution < 1.29 is 9.59 Å². The van der Waals surface area contributed by atoms with Crippen LogP contribution in [0.25, 0.3) is 16.8 Å². The topological polar surface area (TPSA) is 58.2 Å². The van der Waals surface area contributed by atoms with E-state index >= 15 is 0 Å². The van der Waals surface area contributed by atoms with Crippen molar-refractivity contribution in [2.75, 3.05) is 0 Å². The third-order valence-electron chi connectivity index (χ3n) is 4.63. The van der Waals surface area contributed by atoms with Gasteiger partial charge in [0.2, 0.25) is 0 Å². The van der Waals surface area contributed by atoms with E-state index in [1.807, 2.05) is 60.7 Å². The predicted molar refractivity (Wildman–Crippen MR) is 115 cm³/mol. The average Bonchev–Trinajstić information content (AvgIpc) is 2.67. The van der Waals surface area contributed by atoms with Gasteiger partial charge < -0.3 is 0 Å². The zero-order chi connectivity index (χ0) is 19.7. The van der Waals surface area contributed by atoms with Crippen molar-refractivity contribution in [3.05, 3.63) is 87.9 Å². The molecular weight excluding hydrogens is 392 g/mol. The molecule has 0 radical (unpaired) electrons. The predicted octanol–water partition coefficient (Wildman–Crippen LogP) is 4.00. The van der Waals surface area contributed by atoms with Crippen molar-refractivity contribution in [3.63, 3.8) is 0 Å². The van der Waals surface area contributed by atoms with E-state index in [4.69, 9.17) is 23.8 Å². The summed E-state index contributed by atoms with van der Waals surface area (Å²) < 4.78 is 0. The van der Waals surface area contributed by atoms with Gasteiger partial charge in [0.1, 0.15) is 5.57 Å². The largest absolute Gasteiger partial charge is 0.299 e. The number of carbonyl (C=O) groups is 2. The van der Waals surface area contributed by atoms with Gasteiger partial charge in [-0.05, 0) is 58.2 Å². The maximum Gasteiger partial charge on any atom is 0.263 e. The van der Waals surface area contributed by atoms with Gasteiger partial charge in [-0.3, -0.25) is 20.2 Å². The SMILES string of the molecule is O=C1NC(=S)NC(=O)C1=Cc1c(Cc2ccccc2Cl)ccc2ccccc12. The van der Waals surface area contributed by atoms with Crippen LogP contribution in [-0.2, 0) is 16.0 Å². The lowest BCUT2D eigenvalue weighted by atomic mass is 9.92. The van der Waals surface area contributed by atoms with Crippen molar-refractivity contribution in [2.45, 2.75) is 6.42 Å². The first kappa shape index (κ1) is 18.3. The minimum absolute atomic E-state index is 0.0151. The highest BCUT2D eigenvalue weighted by Gasteiger charge is 2.26. The molecule has 1 heterocycles. The number of nitrogens with one attached hydrogen (secondary N) is 2. The second kappa shape index (κ2) is 7.54.